The van der Waals surface area contributed by atoms with Gasteiger partial charge in [-0.3, -0.25) is 10.1 Å². The van der Waals surface area contributed by atoms with Crippen molar-refractivity contribution >= 4 is 38.7 Å². The van der Waals surface area contributed by atoms with E-state index in [9.17, 15) is 18.0 Å². The number of hydrogen-bond donors (Lipinski definition) is 1. The predicted octanol–water partition coefficient (Wildman–Crippen LogP) is 6.03. The molecule has 38 heavy (non-hydrogen) atoms. The fourth-order valence-electron chi connectivity index (χ4n) is 4.30. The lowest BCUT2D eigenvalue weighted by atomic mass is 9.97. The number of halogens is 3. The Kier molecular flexibility index (Phi) is 6.06. The first-order valence-corrected chi connectivity index (χ1v) is 12.5. The Morgan fingerprint density at radius 1 is 1.05 bits per heavy atom. The molecular formula is C25H19F3N6O3S. The molecule has 1 saturated heterocycles. The number of benzene rings is 1. The summed E-state index contributed by atoms with van der Waals surface area (Å²) in [7, 11) is 0. The summed E-state index contributed by atoms with van der Waals surface area (Å²) in [6.07, 6.45) is -2.76. The maximum Gasteiger partial charge on any atom is 0.391 e. The van der Waals surface area contributed by atoms with Gasteiger partial charge in [0, 0.05) is 18.7 Å². The lowest BCUT2D eigenvalue weighted by molar-refractivity contribution is -0.179. The summed E-state index contributed by atoms with van der Waals surface area (Å²) in [5.41, 5.74) is 1.91. The minimum Gasteiger partial charge on any atom is -0.459 e. The van der Waals surface area contributed by atoms with Gasteiger partial charge in [0.25, 0.3) is 11.8 Å². The summed E-state index contributed by atoms with van der Waals surface area (Å²) >= 11 is 1.21. The molecule has 0 radical (unpaired) electrons. The van der Waals surface area contributed by atoms with Crippen LogP contribution in [0.15, 0.2) is 63.6 Å². The monoisotopic (exact) mass is 540 g/mol. The van der Waals surface area contributed by atoms with Gasteiger partial charge in [0.2, 0.25) is 0 Å². The number of nitrogens with one attached hydrogen (secondary N) is 1. The molecule has 1 aromatic carbocycles. The Bertz CT molecular complexity index is 1580. The molecule has 9 nitrogen and oxygen atoms in total. The van der Waals surface area contributed by atoms with Crippen LogP contribution in [0.4, 0.5) is 24.3 Å². The number of alkyl halides is 3. The smallest absolute Gasteiger partial charge is 0.391 e. The van der Waals surface area contributed by atoms with Crippen LogP contribution in [0.2, 0.25) is 0 Å². The molecule has 0 unspecified atom stereocenters. The number of pyridine rings is 1. The van der Waals surface area contributed by atoms with Crippen molar-refractivity contribution in [2.45, 2.75) is 19.0 Å². The molecule has 5 aromatic rings. The molecule has 1 N–H and O–H groups in total. The van der Waals surface area contributed by atoms with Gasteiger partial charge in [-0.25, -0.2) is 4.98 Å². The molecule has 1 aliphatic heterocycles. The Balaban J connectivity index is 1.33. The Labute approximate surface area is 217 Å². The molecule has 4 aromatic heterocycles. The number of fused-ring (bicyclic) bond motifs is 1. The number of hydrogen-bond acceptors (Lipinski definition) is 9. The van der Waals surface area contributed by atoms with Crippen LogP contribution in [0.5, 0.6) is 0 Å². The third-order valence-electron chi connectivity index (χ3n) is 6.27. The van der Waals surface area contributed by atoms with Crippen LogP contribution < -0.4 is 10.2 Å². The normalized spacial score (nSPS) is 14.8. The first-order chi connectivity index (χ1) is 18.3. The van der Waals surface area contributed by atoms with Crippen LogP contribution in [0, 0.1) is 5.92 Å². The zero-order valence-electron chi connectivity index (χ0n) is 19.6. The van der Waals surface area contributed by atoms with Gasteiger partial charge >= 0.3 is 12.2 Å². The maximum atomic E-state index is 13.4. The van der Waals surface area contributed by atoms with Crippen molar-refractivity contribution in [3.05, 3.63) is 60.4 Å². The molecule has 0 spiro atoms. The number of nitrogens with zero attached hydrogens (tertiary/aromatic N) is 5. The molecular weight excluding hydrogens is 521 g/mol. The standard InChI is InChI=1S/C25H19F3N6O3S/c26-25(27,28)15-8-10-34(11-9-15)24-30-20-19(38-24)16(13-17(29-20)14-5-2-1-3-6-14)21(35)31-23-33-32-22(37-23)18-7-4-12-36-18/h1-7,12-13,15H,8-11H2,(H,31,33,35). The Hall–Kier alpha value is -4.26. The van der Waals surface area contributed by atoms with Crippen LogP contribution in [0.1, 0.15) is 23.2 Å². The Morgan fingerprint density at radius 2 is 1.84 bits per heavy atom. The van der Waals surface area contributed by atoms with Gasteiger partial charge in [0.15, 0.2) is 16.5 Å². The van der Waals surface area contributed by atoms with Gasteiger partial charge in [0.05, 0.1) is 28.1 Å². The van der Waals surface area contributed by atoms with E-state index in [0.717, 1.165) is 5.56 Å². The van der Waals surface area contributed by atoms with Crippen molar-refractivity contribution < 1.29 is 26.8 Å². The number of anilines is 2. The van der Waals surface area contributed by atoms with Gasteiger partial charge in [-0.1, -0.05) is 46.8 Å². The quantitative estimate of drug-likeness (QED) is 0.288. The van der Waals surface area contributed by atoms with E-state index in [2.05, 4.69) is 25.5 Å². The van der Waals surface area contributed by atoms with Gasteiger partial charge in [-0.05, 0) is 31.0 Å². The van der Waals surface area contributed by atoms with E-state index in [0.29, 0.717) is 26.9 Å². The molecule has 5 heterocycles. The highest BCUT2D eigenvalue weighted by Crippen LogP contribution is 2.38. The third kappa shape index (κ3) is 4.72. The molecule has 194 valence electrons. The van der Waals surface area contributed by atoms with Crippen LogP contribution in [0.25, 0.3) is 33.3 Å². The molecule has 1 aliphatic rings. The summed E-state index contributed by atoms with van der Waals surface area (Å²) in [6, 6.07) is 14.1. The fraction of sp³-hybridized carbons (Fsp3) is 0.240. The minimum atomic E-state index is -4.21. The second-order valence-electron chi connectivity index (χ2n) is 8.72. The average molecular weight is 541 g/mol. The zero-order chi connectivity index (χ0) is 26.3. The van der Waals surface area contributed by atoms with Crippen LogP contribution in [0.3, 0.4) is 0 Å². The summed E-state index contributed by atoms with van der Waals surface area (Å²) in [5.74, 6) is -1.37. The molecule has 1 amide bonds. The molecule has 0 atom stereocenters. The van der Waals surface area contributed by atoms with Crippen molar-refractivity contribution in [2.75, 3.05) is 23.3 Å². The number of rotatable bonds is 5. The number of aromatic nitrogens is 4. The highest BCUT2D eigenvalue weighted by Gasteiger charge is 2.41. The van der Waals surface area contributed by atoms with Crippen LogP contribution in [-0.2, 0) is 0 Å². The fourth-order valence-corrected chi connectivity index (χ4v) is 5.37. The van der Waals surface area contributed by atoms with Crippen molar-refractivity contribution in [3.8, 4) is 22.9 Å². The molecule has 1 fully saturated rings. The number of piperidine rings is 1. The third-order valence-corrected chi connectivity index (χ3v) is 7.41. The topological polar surface area (TPSA) is 110 Å². The second-order valence-corrected chi connectivity index (χ2v) is 9.69. The van der Waals surface area contributed by atoms with E-state index in [4.69, 9.17) is 8.83 Å². The Morgan fingerprint density at radius 3 is 2.55 bits per heavy atom. The van der Waals surface area contributed by atoms with E-state index in [1.807, 2.05) is 35.2 Å². The summed E-state index contributed by atoms with van der Waals surface area (Å²) in [6.45, 7) is 0.434. The number of thiazole rings is 1. The van der Waals surface area contributed by atoms with Gasteiger partial charge in [-0.2, -0.15) is 18.2 Å². The molecule has 0 aliphatic carbocycles. The minimum absolute atomic E-state index is 0.00930. The van der Waals surface area contributed by atoms with E-state index in [1.165, 1.54) is 17.6 Å². The lowest BCUT2D eigenvalue weighted by Crippen LogP contribution is -2.38. The van der Waals surface area contributed by atoms with Crippen LogP contribution >= 0.6 is 11.3 Å². The highest BCUT2D eigenvalue weighted by atomic mass is 32.1. The highest BCUT2D eigenvalue weighted by molar-refractivity contribution is 7.22. The molecule has 0 bridgehead atoms. The van der Waals surface area contributed by atoms with Crippen molar-refractivity contribution in [2.24, 2.45) is 5.92 Å². The van der Waals surface area contributed by atoms with Crippen molar-refractivity contribution in [1.29, 1.82) is 0 Å². The van der Waals surface area contributed by atoms with E-state index >= 15 is 0 Å². The first-order valence-electron chi connectivity index (χ1n) is 11.7. The summed E-state index contributed by atoms with van der Waals surface area (Å²) in [4.78, 5) is 24.5. The largest absolute Gasteiger partial charge is 0.459 e. The van der Waals surface area contributed by atoms with Crippen molar-refractivity contribution in [1.82, 2.24) is 20.2 Å². The van der Waals surface area contributed by atoms with E-state index in [1.54, 1.807) is 18.2 Å². The first kappa shape index (κ1) is 24.1. The second kappa shape index (κ2) is 9.56. The lowest BCUT2D eigenvalue weighted by Gasteiger charge is -2.32. The molecule has 6 rings (SSSR count). The van der Waals surface area contributed by atoms with Crippen molar-refractivity contribution in [3.63, 3.8) is 0 Å². The summed E-state index contributed by atoms with van der Waals surface area (Å²) < 4.78 is 50.7. The average Bonchev–Trinajstić information content (AvgIpc) is 3.69. The summed E-state index contributed by atoms with van der Waals surface area (Å²) in [5, 5.41) is 10.9. The van der Waals surface area contributed by atoms with Gasteiger partial charge in [-0.15, -0.1) is 5.10 Å². The molecule has 0 saturated carbocycles. The number of carbonyl (C=O) groups excluding carboxylic acids is 1. The SMILES string of the molecule is O=C(Nc1nnc(-c2ccco2)o1)c1cc(-c2ccccc2)nc2nc(N3CCC(C(F)(F)F)CC3)sc12. The predicted molar refractivity (Wildman–Crippen MR) is 134 cm³/mol. The number of furan rings is 1. The van der Waals surface area contributed by atoms with E-state index < -0.39 is 18.0 Å². The zero-order valence-corrected chi connectivity index (χ0v) is 20.4. The number of amides is 1. The van der Waals surface area contributed by atoms with Crippen LogP contribution in [-0.4, -0.2) is 45.3 Å². The van der Waals surface area contributed by atoms with E-state index in [-0.39, 0.29) is 43.4 Å². The van der Waals surface area contributed by atoms with Gasteiger partial charge in [0.1, 0.15) is 0 Å². The molecule has 13 heteroatoms. The number of carbonyl (C=O) groups is 1. The maximum absolute atomic E-state index is 13.4. The van der Waals surface area contributed by atoms with Gasteiger partial charge < -0.3 is 13.7 Å².